The van der Waals surface area contributed by atoms with Gasteiger partial charge in [0.25, 0.3) is 0 Å². The summed E-state index contributed by atoms with van der Waals surface area (Å²) in [5.74, 6) is -6.82. The van der Waals surface area contributed by atoms with Gasteiger partial charge in [0, 0.05) is 10.5 Å². The number of rotatable bonds is 6. The summed E-state index contributed by atoms with van der Waals surface area (Å²) in [5, 5.41) is 0.0492. The Kier molecular flexibility index (Phi) is 6.69. The monoisotopic (exact) mass is 428 g/mol. The van der Waals surface area contributed by atoms with Crippen molar-refractivity contribution in [2.75, 3.05) is 12.4 Å². The zero-order valence-corrected chi connectivity index (χ0v) is 15.2. The second kappa shape index (κ2) is 8.43. The zero-order valence-electron chi connectivity index (χ0n) is 13.6. The molecule has 0 aliphatic rings. The summed E-state index contributed by atoms with van der Waals surface area (Å²) in [6.45, 7) is 0.861. The highest BCUT2D eigenvalue weighted by Gasteiger charge is 2.27. The lowest BCUT2D eigenvalue weighted by Crippen LogP contribution is -2.13. The van der Waals surface area contributed by atoms with Gasteiger partial charge in [0.05, 0.1) is 10.8 Å². The Morgan fingerprint density at radius 2 is 1.70 bits per heavy atom. The summed E-state index contributed by atoms with van der Waals surface area (Å²) < 4.78 is 81.6. The molecule has 146 valence electrons. The van der Waals surface area contributed by atoms with E-state index >= 15 is 0 Å². The third kappa shape index (κ3) is 5.80. The topological polar surface area (TPSA) is 26.3 Å². The van der Waals surface area contributed by atoms with E-state index in [2.05, 4.69) is 0 Å². The van der Waals surface area contributed by atoms with Gasteiger partial charge < -0.3 is 4.74 Å². The largest absolute Gasteiger partial charge is 0.484 e. The molecule has 0 atom stereocenters. The number of Topliss-reactive ketones (excluding diaryl/α,β-unsaturated/α-hetero) is 1. The molecule has 0 saturated carbocycles. The number of carbonyl (C=O) groups excluding carboxylic acids is 1. The van der Waals surface area contributed by atoms with Gasteiger partial charge in [-0.25, -0.2) is 13.2 Å². The standard InChI is InChI=1S/C17H11ClF6O2S/c1-8-2-10(18)14(5-15(8)27-7-17(22,23)24)26-6-13(25)9-3-11(19)16(21)12(20)4-9/h2-5H,6-7H2,1H3. The Morgan fingerprint density at radius 1 is 1.11 bits per heavy atom. The highest BCUT2D eigenvalue weighted by molar-refractivity contribution is 7.99. The molecule has 0 heterocycles. The van der Waals surface area contributed by atoms with Gasteiger partial charge in [-0.05, 0) is 36.8 Å². The van der Waals surface area contributed by atoms with Gasteiger partial charge in [0.2, 0.25) is 0 Å². The van der Waals surface area contributed by atoms with E-state index < -0.39 is 47.3 Å². The predicted molar refractivity (Wildman–Crippen MR) is 89.1 cm³/mol. The minimum atomic E-state index is -4.37. The quantitative estimate of drug-likeness (QED) is 0.245. The molecule has 0 N–H and O–H groups in total. The molecule has 0 aromatic heterocycles. The van der Waals surface area contributed by atoms with Crippen LogP contribution >= 0.6 is 23.4 Å². The smallest absolute Gasteiger partial charge is 0.398 e. The van der Waals surface area contributed by atoms with Crippen LogP contribution in [0.1, 0.15) is 15.9 Å². The van der Waals surface area contributed by atoms with Crippen molar-refractivity contribution in [3.05, 3.63) is 57.9 Å². The first-order chi connectivity index (χ1) is 12.5. The average Bonchev–Trinajstić information content (AvgIpc) is 2.56. The van der Waals surface area contributed by atoms with E-state index in [1.807, 2.05) is 0 Å². The van der Waals surface area contributed by atoms with Crippen molar-refractivity contribution in [1.29, 1.82) is 0 Å². The molecule has 2 rings (SSSR count). The van der Waals surface area contributed by atoms with E-state index in [1.54, 1.807) is 6.92 Å². The van der Waals surface area contributed by atoms with Crippen molar-refractivity contribution in [2.45, 2.75) is 18.0 Å². The molecular formula is C17H11ClF6O2S. The average molecular weight is 429 g/mol. The van der Waals surface area contributed by atoms with Crippen molar-refractivity contribution >= 4 is 29.1 Å². The summed E-state index contributed by atoms with van der Waals surface area (Å²) in [7, 11) is 0. The van der Waals surface area contributed by atoms with Crippen LogP contribution in [-0.4, -0.2) is 24.3 Å². The van der Waals surface area contributed by atoms with Crippen LogP contribution in [0.3, 0.4) is 0 Å². The number of hydrogen-bond acceptors (Lipinski definition) is 3. The first-order valence-corrected chi connectivity index (χ1v) is 8.64. The lowest BCUT2D eigenvalue weighted by Gasteiger charge is -2.13. The van der Waals surface area contributed by atoms with Crippen LogP contribution in [0.5, 0.6) is 5.75 Å². The lowest BCUT2D eigenvalue weighted by molar-refractivity contribution is -0.105. The van der Waals surface area contributed by atoms with Gasteiger partial charge in [-0.15, -0.1) is 11.8 Å². The number of hydrogen-bond donors (Lipinski definition) is 0. The van der Waals surface area contributed by atoms with Crippen molar-refractivity contribution in [2.24, 2.45) is 0 Å². The molecule has 0 saturated heterocycles. The molecule has 0 unspecified atom stereocenters. The van der Waals surface area contributed by atoms with Gasteiger partial charge in [-0.1, -0.05) is 11.6 Å². The molecule has 2 aromatic carbocycles. The molecule has 2 aromatic rings. The number of carbonyl (C=O) groups is 1. The minimum absolute atomic E-state index is 0.0492. The number of halogens is 7. The van der Waals surface area contributed by atoms with Crippen molar-refractivity contribution in [1.82, 2.24) is 0 Å². The molecule has 0 bridgehead atoms. The fourth-order valence-electron chi connectivity index (χ4n) is 2.00. The number of thioether (sulfide) groups is 1. The van der Waals surface area contributed by atoms with E-state index in [1.165, 1.54) is 12.1 Å². The molecule has 0 aliphatic carbocycles. The molecule has 2 nitrogen and oxygen atoms in total. The maximum absolute atomic E-state index is 13.2. The van der Waals surface area contributed by atoms with E-state index in [0.29, 0.717) is 29.5 Å². The summed E-state index contributed by atoms with van der Waals surface area (Å²) in [6, 6.07) is 3.65. The number of ketones is 1. The summed E-state index contributed by atoms with van der Waals surface area (Å²) in [5.41, 5.74) is 0.0249. The van der Waals surface area contributed by atoms with Crippen molar-refractivity contribution in [3.63, 3.8) is 0 Å². The number of aryl methyl sites for hydroxylation is 1. The number of benzene rings is 2. The predicted octanol–water partition coefficient (Wildman–Crippen LogP) is 5.98. The van der Waals surface area contributed by atoms with Crippen LogP contribution in [0.4, 0.5) is 26.3 Å². The van der Waals surface area contributed by atoms with E-state index in [9.17, 15) is 31.1 Å². The maximum Gasteiger partial charge on any atom is 0.398 e. The summed E-state index contributed by atoms with van der Waals surface area (Å²) in [6.07, 6.45) is -4.37. The number of ether oxygens (including phenoxy) is 1. The lowest BCUT2D eigenvalue weighted by atomic mass is 10.1. The Morgan fingerprint density at radius 3 is 2.26 bits per heavy atom. The van der Waals surface area contributed by atoms with Crippen LogP contribution in [0, 0.1) is 24.4 Å². The van der Waals surface area contributed by atoms with E-state index in [0.717, 1.165) is 0 Å². The zero-order chi connectivity index (χ0) is 20.4. The SMILES string of the molecule is Cc1cc(Cl)c(OCC(=O)c2cc(F)c(F)c(F)c2)cc1SCC(F)(F)F. The summed E-state index contributed by atoms with van der Waals surface area (Å²) >= 11 is 6.48. The molecule has 10 heteroatoms. The third-order valence-electron chi connectivity index (χ3n) is 3.29. The first-order valence-electron chi connectivity index (χ1n) is 7.28. The highest BCUT2D eigenvalue weighted by Crippen LogP contribution is 2.35. The van der Waals surface area contributed by atoms with Crippen LogP contribution in [0.15, 0.2) is 29.2 Å². The molecule has 0 spiro atoms. The molecule has 0 radical (unpaired) electrons. The fourth-order valence-corrected chi connectivity index (χ4v) is 3.07. The van der Waals surface area contributed by atoms with Crippen molar-refractivity contribution < 1.29 is 35.9 Å². The van der Waals surface area contributed by atoms with E-state index in [4.69, 9.17) is 16.3 Å². The second-order valence-electron chi connectivity index (χ2n) is 5.42. The van der Waals surface area contributed by atoms with Crippen LogP contribution in [0.2, 0.25) is 5.02 Å². The van der Waals surface area contributed by atoms with Crippen LogP contribution in [0.25, 0.3) is 0 Å². The van der Waals surface area contributed by atoms with Gasteiger partial charge in [0.1, 0.15) is 5.75 Å². The molecule has 0 amide bonds. The van der Waals surface area contributed by atoms with Gasteiger partial charge in [-0.2, -0.15) is 13.2 Å². The Bertz CT molecular complexity index is 846. The molecule has 0 fully saturated rings. The molecular weight excluding hydrogens is 418 g/mol. The second-order valence-corrected chi connectivity index (χ2v) is 6.84. The van der Waals surface area contributed by atoms with Gasteiger partial charge in [0.15, 0.2) is 29.8 Å². The van der Waals surface area contributed by atoms with Crippen LogP contribution < -0.4 is 4.74 Å². The van der Waals surface area contributed by atoms with Gasteiger partial charge >= 0.3 is 6.18 Å². The summed E-state index contributed by atoms with van der Waals surface area (Å²) in [4.78, 5) is 12.2. The Balaban J connectivity index is 2.14. The van der Waals surface area contributed by atoms with Crippen LogP contribution in [-0.2, 0) is 0 Å². The molecule has 0 aliphatic heterocycles. The minimum Gasteiger partial charge on any atom is -0.484 e. The highest BCUT2D eigenvalue weighted by atomic mass is 35.5. The normalized spacial score (nSPS) is 11.6. The third-order valence-corrected chi connectivity index (χ3v) is 4.80. The Labute approximate surface area is 159 Å². The number of alkyl halides is 3. The van der Waals surface area contributed by atoms with Gasteiger partial charge in [-0.3, -0.25) is 4.79 Å². The maximum atomic E-state index is 13.2. The fraction of sp³-hybridized carbons (Fsp3) is 0.235. The molecule has 27 heavy (non-hydrogen) atoms. The Hall–Kier alpha value is -1.87. The first kappa shape index (κ1) is 21.4. The van der Waals surface area contributed by atoms with Crippen molar-refractivity contribution in [3.8, 4) is 5.75 Å². The van der Waals surface area contributed by atoms with E-state index in [-0.39, 0.29) is 15.7 Å².